The molecule has 0 aliphatic heterocycles. The molecule has 0 saturated carbocycles. The van der Waals surface area contributed by atoms with Gasteiger partial charge in [0, 0.05) is 0 Å². The van der Waals surface area contributed by atoms with Crippen LogP contribution in [0.2, 0.25) is 5.02 Å². The Morgan fingerprint density at radius 2 is 2.10 bits per heavy atom. The molecule has 20 heavy (non-hydrogen) atoms. The van der Waals surface area contributed by atoms with Crippen LogP contribution in [0.15, 0.2) is 28.9 Å². The monoisotopic (exact) mass is 306 g/mol. The van der Waals surface area contributed by atoms with Gasteiger partial charge in [-0.3, -0.25) is 0 Å². The van der Waals surface area contributed by atoms with E-state index in [0.717, 1.165) is 24.5 Å². The first-order valence-electron chi connectivity index (χ1n) is 5.10. The molecule has 106 valence electrons. The Balaban J connectivity index is 2.23. The first-order chi connectivity index (χ1) is 9.27. The lowest BCUT2D eigenvalue weighted by atomic mass is 10.2. The summed E-state index contributed by atoms with van der Waals surface area (Å²) < 4.78 is 42.1. The van der Waals surface area contributed by atoms with Crippen LogP contribution in [0, 0.1) is 0 Å². The van der Waals surface area contributed by atoms with Crippen LogP contribution in [0.1, 0.15) is 16.1 Å². The Morgan fingerprint density at radius 3 is 2.60 bits per heavy atom. The molecule has 0 fully saturated rings. The maximum Gasteiger partial charge on any atom is 0.416 e. The second kappa shape index (κ2) is 5.04. The van der Waals surface area contributed by atoms with E-state index in [1.165, 1.54) is 0 Å². The molecule has 0 unspecified atom stereocenters. The van der Waals surface area contributed by atoms with Gasteiger partial charge in [0.2, 0.25) is 0 Å². The average Bonchev–Trinajstić information content (AvgIpc) is 2.79. The fourth-order valence-corrected chi connectivity index (χ4v) is 1.57. The summed E-state index contributed by atoms with van der Waals surface area (Å²) in [5, 5.41) is 10.9. The van der Waals surface area contributed by atoms with Crippen LogP contribution in [-0.2, 0) is 6.18 Å². The predicted molar refractivity (Wildman–Crippen MR) is 63.2 cm³/mol. The summed E-state index contributed by atoms with van der Waals surface area (Å²) >= 11 is 5.71. The molecule has 0 radical (unpaired) electrons. The fourth-order valence-electron chi connectivity index (χ4n) is 1.34. The van der Waals surface area contributed by atoms with Gasteiger partial charge in [0.05, 0.1) is 16.3 Å². The van der Waals surface area contributed by atoms with Gasteiger partial charge in [-0.05, 0) is 18.2 Å². The molecule has 0 saturated heterocycles. The maximum atomic E-state index is 12.4. The van der Waals surface area contributed by atoms with Crippen LogP contribution in [0.4, 0.5) is 24.9 Å². The van der Waals surface area contributed by atoms with Crippen LogP contribution >= 0.6 is 11.6 Å². The zero-order valence-electron chi connectivity index (χ0n) is 9.53. The van der Waals surface area contributed by atoms with Crippen molar-refractivity contribution in [3.63, 3.8) is 0 Å². The summed E-state index contributed by atoms with van der Waals surface area (Å²) in [7, 11) is 0. The van der Waals surface area contributed by atoms with Gasteiger partial charge in [-0.1, -0.05) is 11.6 Å². The van der Waals surface area contributed by atoms with Gasteiger partial charge in [-0.25, -0.2) is 4.79 Å². The highest BCUT2D eigenvalue weighted by molar-refractivity contribution is 6.33. The SMILES string of the molecule is O=C(O)c1coc(Nc2ccc(C(F)(F)F)cc2Cl)n1. The Hall–Kier alpha value is -2.22. The van der Waals surface area contributed by atoms with Crippen LogP contribution < -0.4 is 5.32 Å². The Bertz CT molecular complexity index is 655. The van der Waals surface area contributed by atoms with E-state index in [9.17, 15) is 18.0 Å². The van der Waals surface area contributed by atoms with Crippen LogP contribution in [-0.4, -0.2) is 16.1 Å². The van der Waals surface area contributed by atoms with E-state index in [-0.39, 0.29) is 22.4 Å². The van der Waals surface area contributed by atoms with Gasteiger partial charge in [-0.2, -0.15) is 18.2 Å². The summed E-state index contributed by atoms with van der Waals surface area (Å²) in [6.45, 7) is 0. The van der Waals surface area contributed by atoms with Crippen molar-refractivity contribution in [3.8, 4) is 0 Å². The lowest BCUT2D eigenvalue weighted by molar-refractivity contribution is -0.137. The van der Waals surface area contributed by atoms with Crippen molar-refractivity contribution in [2.75, 3.05) is 5.32 Å². The number of nitrogens with zero attached hydrogens (tertiary/aromatic N) is 1. The van der Waals surface area contributed by atoms with E-state index in [0.29, 0.717) is 0 Å². The molecule has 0 aliphatic carbocycles. The standard InChI is InChI=1S/C11H6ClF3N2O3/c12-6-3-5(11(13,14)15)1-2-7(6)16-10-17-8(4-20-10)9(18)19/h1-4H,(H,16,17)(H,18,19). The second-order valence-electron chi connectivity index (χ2n) is 3.66. The Morgan fingerprint density at radius 1 is 1.40 bits per heavy atom. The zero-order valence-corrected chi connectivity index (χ0v) is 10.3. The number of carbonyl (C=O) groups is 1. The number of oxazole rings is 1. The number of alkyl halides is 3. The average molecular weight is 307 g/mol. The van der Waals surface area contributed by atoms with E-state index >= 15 is 0 Å². The highest BCUT2D eigenvalue weighted by Crippen LogP contribution is 2.34. The maximum absolute atomic E-state index is 12.4. The number of hydrogen-bond acceptors (Lipinski definition) is 4. The summed E-state index contributed by atoms with van der Waals surface area (Å²) in [5.41, 5.74) is -1.12. The number of nitrogens with one attached hydrogen (secondary N) is 1. The molecule has 0 spiro atoms. The minimum Gasteiger partial charge on any atom is -0.476 e. The number of aromatic nitrogens is 1. The molecule has 1 aromatic heterocycles. The van der Waals surface area contributed by atoms with Gasteiger partial charge < -0.3 is 14.8 Å². The Labute approximate surface area is 115 Å². The summed E-state index contributed by atoms with van der Waals surface area (Å²) in [4.78, 5) is 14.1. The molecule has 2 N–H and O–H groups in total. The second-order valence-corrected chi connectivity index (χ2v) is 4.07. The van der Waals surface area contributed by atoms with E-state index in [1.54, 1.807) is 0 Å². The number of aromatic carboxylic acids is 1. The van der Waals surface area contributed by atoms with Crippen molar-refractivity contribution in [2.24, 2.45) is 0 Å². The van der Waals surface area contributed by atoms with Gasteiger partial charge >= 0.3 is 12.1 Å². The summed E-state index contributed by atoms with van der Waals surface area (Å²) in [5.74, 6) is -1.29. The van der Waals surface area contributed by atoms with E-state index in [1.807, 2.05) is 0 Å². The summed E-state index contributed by atoms with van der Waals surface area (Å²) in [6.07, 6.45) is -3.61. The number of hydrogen-bond donors (Lipinski definition) is 2. The van der Waals surface area contributed by atoms with E-state index in [2.05, 4.69) is 10.3 Å². The largest absolute Gasteiger partial charge is 0.476 e. The first kappa shape index (κ1) is 14.2. The molecule has 2 aromatic rings. The highest BCUT2D eigenvalue weighted by Gasteiger charge is 2.31. The topological polar surface area (TPSA) is 75.4 Å². The molecule has 0 aliphatic rings. The molecule has 1 heterocycles. The molecule has 9 heteroatoms. The highest BCUT2D eigenvalue weighted by atomic mass is 35.5. The van der Waals surface area contributed by atoms with Crippen LogP contribution in [0.3, 0.4) is 0 Å². The van der Waals surface area contributed by atoms with Crippen LogP contribution in [0.5, 0.6) is 0 Å². The molecule has 1 aromatic carbocycles. The van der Waals surface area contributed by atoms with Crippen molar-refractivity contribution < 1.29 is 27.5 Å². The third-order valence-corrected chi connectivity index (χ3v) is 2.57. The molecule has 5 nitrogen and oxygen atoms in total. The van der Waals surface area contributed by atoms with Crippen LogP contribution in [0.25, 0.3) is 0 Å². The quantitative estimate of drug-likeness (QED) is 0.902. The number of rotatable bonds is 3. The third kappa shape index (κ3) is 3.02. The Kier molecular flexibility index (Phi) is 3.58. The molecular weight excluding hydrogens is 301 g/mol. The predicted octanol–water partition coefficient (Wildman–Crippen LogP) is 3.79. The number of halogens is 4. The minimum absolute atomic E-state index is 0.110. The third-order valence-electron chi connectivity index (χ3n) is 2.26. The number of carboxylic acids is 1. The lowest BCUT2D eigenvalue weighted by Gasteiger charge is -2.09. The first-order valence-corrected chi connectivity index (χ1v) is 5.48. The minimum atomic E-state index is -4.50. The van der Waals surface area contributed by atoms with Gasteiger partial charge in [-0.15, -0.1) is 0 Å². The molecule has 2 rings (SSSR count). The van der Waals surface area contributed by atoms with E-state index in [4.69, 9.17) is 21.1 Å². The smallest absolute Gasteiger partial charge is 0.416 e. The van der Waals surface area contributed by atoms with Gasteiger partial charge in [0.25, 0.3) is 6.01 Å². The van der Waals surface area contributed by atoms with Crippen molar-refractivity contribution in [3.05, 3.63) is 40.7 Å². The normalized spacial score (nSPS) is 11.4. The zero-order chi connectivity index (χ0) is 14.9. The molecule has 0 atom stereocenters. The number of carboxylic acid groups (broad SMARTS) is 1. The number of anilines is 2. The lowest BCUT2D eigenvalue weighted by Crippen LogP contribution is -2.05. The fraction of sp³-hybridized carbons (Fsp3) is 0.0909. The van der Waals surface area contributed by atoms with Crippen molar-refractivity contribution >= 4 is 29.3 Å². The van der Waals surface area contributed by atoms with Crippen molar-refractivity contribution in [1.82, 2.24) is 4.98 Å². The summed E-state index contributed by atoms with van der Waals surface area (Å²) in [6, 6.07) is 2.47. The molecular formula is C11H6ClF3N2O3. The molecule has 0 bridgehead atoms. The number of benzene rings is 1. The van der Waals surface area contributed by atoms with Crippen molar-refractivity contribution in [2.45, 2.75) is 6.18 Å². The van der Waals surface area contributed by atoms with Gasteiger partial charge in [0.1, 0.15) is 6.26 Å². The molecule has 0 amide bonds. The van der Waals surface area contributed by atoms with Crippen molar-refractivity contribution in [1.29, 1.82) is 0 Å². The van der Waals surface area contributed by atoms with E-state index < -0.39 is 17.7 Å². The van der Waals surface area contributed by atoms with Gasteiger partial charge in [0.15, 0.2) is 5.69 Å².